The molecule has 0 unspecified atom stereocenters. The summed E-state index contributed by atoms with van der Waals surface area (Å²) in [5.74, 6) is 0.570. The molecular formula is C20H20N2O2S. The van der Waals surface area contributed by atoms with Gasteiger partial charge in [-0.3, -0.25) is 10.1 Å². The fourth-order valence-electron chi connectivity index (χ4n) is 3.37. The molecule has 0 radical (unpaired) electrons. The highest BCUT2D eigenvalue weighted by molar-refractivity contribution is 7.22. The van der Waals surface area contributed by atoms with Crippen LogP contribution in [0.5, 0.6) is 5.75 Å². The molecule has 4 nitrogen and oxygen atoms in total. The third kappa shape index (κ3) is 3.37. The molecule has 1 aliphatic carbocycles. The van der Waals surface area contributed by atoms with Gasteiger partial charge in [0.15, 0.2) is 11.7 Å². The van der Waals surface area contributed by atoms with Crippen LogP contribution < -0.4 is 10.1 Å². The number of aryl methyl sites for hydroxylation is 4. The van der Waals surface area contributed by atoms with E-state index in [-0.39, 0.29) is 12.5 Å². The number of nitrogens with zero attached hydrogens (tertiary/aromatic N) is 1. The topological polar surface area (TPSA) is 51.2 Å². The van der Waals surface area contributed by atoms with E-state index >= 15 is 0 Å². The first-order chi connectivity index (χ1) is 12.1. The highest BCUT2D eigenvalue weighted by Gasteiger charge is 2.13. The number of amides is 1. The number of rotatable bonds is 4. The number of carbonyl (C=O) groups excluding carboxylic acids is 1. The van der Waals surface area contributed by atoms with Crippen LogP contribution in [0.15, 0.2) is 30.3 Å². The van der Waals surface area contributed by atoms with E-state index in [1.165, 1.54) is 34.4 Å². The number of hydrogen-bond donors (Lipinski definition) is 1. The molecule has 1 amide bonds. The minimum absolute atomic E-state index is 0.00722. The molecule has 0 bridgehead atoms. The van der Waals surface area contributed by atoms with Crippen molar-refractivity contribution in [2.24, 2.45) is 0 Å². The molecule has 1 aromatic heterocycles. The van der Waals surface area contributed by atoms with E-state index in [1.807, 2.05) is 13.0 Å². The number of nitrogens with one attached hydrogen (secondary N) is 1. The molecule has 0 saturated heterocycles. The van der Waals surface area contributed by atoms with Crippen molar-refractivity contribution in [2.45, 2.75) is 33.1 Å². The van der Waals surface area contributed by atoms with Crippen molar-refractivity contribution in [3.05, 3.63) is 52.6 Å². The predicted molar refractivity (Wildman–Crippen MR) is 102 cm³/mol. The monoisotopic (exact) mass is 352 g/mol. The zero-order valence-corrected chi connectivity index (χ0v) is 15.2. The van der Waals surface area contributed by atoms with E-state index in [9.17, 15) is 4.79 Å². The van der Waals surface area contributed by atoms with Crippen LogP contribution in [-0.2, 0) is 17.6 Å². The molecule has 4 rings (SSSR count). The van der Waals surface area contributed by atoms with Gasteiger partial charge in [0.2, 0.25) is 0 Å². The van der Waals surface area contributed by atoms with E-state index in [2.05, 4.69) is 41.5 Å². The van der Waals surface area contributed by atoms with E-state index in [0.29, 0.717) is 5.13 Å². The molecule has 5 heteroatoms. The summed E-state index contributed by atoms with van der Waals surface area (Å²) in [6.07, 6.45) is 3.45. The number of thiazole rings is 1. The minimum atomic E-state index is -0.186. The van der Waals surface area contributed by atoms with Gasteiger partial charge in [0.1, 0.15) is 5.75 Å². The van der Waals surface area contributed by atoms with E-state index in [1.54, 1.807) is 0 Å². The molecule has 1 heterocycles. The molecule has 1 N–H and O–H groups in total. The van der Waals surface area contributed by atoms with Gasteiger partial charge < -0.3 is 4.74 Å². The Morgan fingerprint density at radius 3 is 2.92 bits per heavy atom. The molecule has 128 valence electrons. The molecule has 2 aromatic carbocycles. The predicted octanol–water partition coefficient (Wildman–Crippen LogP) is 4.42. The summed E-state index contributed by atoms with van der Waals surface area (Å²) in [6.45, 7) is 4.10. The first-order valence-electron chi connectivity index (χ1n) is 8.51. The van der Waals surface area contributed by atoms with Crippen LogP contribution in [0.25, 0.3) is 10.2 Å². The molecule has 3 aromatic rings. The summed E-state index contributed by atoms with van der Waals surface area (Å²) in [6, 6.07) is 10.3. The Morgan fingerprint density at radius 2 is 2.04 bits per heavy atom. The van der Waals surface area contributed by atoms with Crippen molar-refractivity contribution in [3.8, 4) is 5.75 Å². The molecule has 0 atom stereocenters. The van der Waals surface area contributed by atoms with Gasteiger partial charge in [0.05, 0.1) is 10.2 Å². The largest absolute Gasteiger partial charge is 0.484 e. The van der Waals surface area contributed by atoms with Crippen LogP contribution in [-0.4, -0.2) is 17.5 Å². The van der Waals surface area contributed by atoms with Gasteiger partial charge in [-0.2, -0.15) is 0 Å². The van der Waals surface area contributed by atoms with E-state index in [0.717, 1.165) is 34.4 Å². The third-order valence-corrected chi connectivity index (χ3v) is 5.43. The smallest absolute Gasteiger partial charge is 0.264 e. The lowest BCUT2D eigenvalue weighted by molar-refractivity contribution is -0.118. The fourth-order valence-corrected chi connectivity index (χ4v) is 4.42. The fraction of sp³-hybridized carbons (Fsp3) is 0.300. The standard InChI is InChI=1S/C20H20N2O2S/c1-12-8-13(2)19-17(9-12)25-20(22-19)21-18(23)11-24-16-7-6-14-4-3-5-15(14)10-16/h6-10H,3-5,11H2,1-2H3,(H,21,22,23). The molecule has 25 heavy (non-hydrogen) atoms. The number of aromatic nitrogens is 1. The number of carbonyl (C=O) groups is 1. The van der Waals surface area contributed by atoms with E-state index < -0.39 is 0 Å². The summed E-state index contributed by atoms with van der Waals surface area (Å²) in [7, 11) is 0. The van der Waals surface area contributed by atoms with E-state index in [4.69, 9.17) is 4.74 Å². The quantitative estimate of drug-likeness (QED) is 0.756. The van der Waals surface area contributed by atoms with Gasteiger partial charge in [-0.15, -0.1) is 0 Å². The summed E-state index contributed by atoms with van der Waals surface area (Å²) in [5, 5.41) is 3.46. The first kappa shape index (κ1) is 16.1. The van der Waals surface area contributed by atoms with Crippen molar-refractivity contribution in [1.82, 2.24) is 4.98 Å². The van der Waals surface area contributed by atoms with Crippen LogP contribution in [0.2, 0.25) is 0 Å². The van der Waals surface area contributed by atoms with Crippen molar-refractivity contribution < 1.29 is 9.53 Å². The molecule has 0 spiro atoms. The third-order valence-electron chi connectivity index (χ3n) is 4.52. The minimum Gasteiger partial charge on any atom is -0.484 e. The van der Waals surface area contributed by atoms with Crippen LogP contribution in [0.3, 0.4) is 0 Å². The molecule has 0 saturated carbocycles. The maximum atomic E-state index is 12.2. The van der Waals surface area contributed by atoms with Gasteiger partial charge in [0.25, 0.3) is 5.91 Å². The average molecular weight is 352 g/mol. The lowest BCUT2D eigenvalue weighted by Crippen LogP contribution is -2.20. The lowest BCUT2D eigenvalue weighted by Gasteiger charge is -2.07. The number of ether oxygens (including phenoxy) is 1. The number of anilines is 1. The van der Waals surface area contributed by atoms with Gasteiger partial charge in [0, 0.05) is 0 Å². The number of fused-ring (bicyclic) bond motifs is 2. The Hall–Kier alpha value is -2.40. The normalized spacial score (nSPS) is 13.0. The van der Waals surface area contributed by atoms with Crippen molar-refractivity contribution >= 4 is 32.6 Å². The maximum absolute atomic E-state index is 12.2. The number of hydrogen-bond acceptors (Lipinski definition) is 4. The summed E-state index contributed by atoms with van der Waals surface area (Å²) >= 11 is 1.49. The summed E-state index contributed by atoms with van der Waals surface area (Å²) in [4.78, 5) is 16.7. The second-order valence-corrected chi connectivity index (χ2v) is 7.60. The zero-order valence-electron chi connectivity index (χ0n) is 14.4. The van der Waals surface area contributed by atoms with Crippen LogP contribution in [0, 0.1) is 13.8 Å². The number of benzene rings is 2. The Kier molecular flexibility index (Phi) is 4.17. The van der Waals surface area contributed by atoms with Crippen LogP contribution in [0.4, 0.5) is 5.13 Å². The van der Waals surface area contributed by atoms with Crippen LogP contribution >= 0.6 is 11.3 Å². The highest BCUT2D eigenvalue weighted by Crippen LogP contribution is 2.29. The molecule has 1 aliphatic rings. The SMILES string of the molecule is Cc1cc(C)c2nc(NC(=O)COc3ccc4c(c3)CCC4)sc2c1. The van der Waals surface area contributed by atoms with Gasteiger partial charge in [-0.25, -0.2) is 4.98 Å². The summed E-state index contributed by atoms with van der Waals surface area (Å²) in [5.41, 5.74) is 6.02. The Morgan fingerprint density at radius 1 is 1.20 bits per heavy atom. The summed E-state index contributed by atoms with van der Waals surface area (Å²) < 4.78 is 6.74. The second-order valence-electron chi connectivity index (χ2n) is 6.57. The Bertz CT molecular complexity index is 962. The van der Waals surface area contributed by atoms with Crippen molar-refractivity contribution in [3.63, 3.8) is 0 Å². The Labute approximate surface area is 150 Å². The highest BCUT2D eigenvalue weighted by atomic mass is 32.1. The van der Waals surface area contributed by atoms with Crippen molar-refractivity contribution in [1.29, 1.82) is 0 Å². The first-order valence-corrected chi connectivity index (χ1v) is 9.32. The maximum Gasteiger partial charge on any atom is 0.264 e. The Balaban J connectivity index is 1.41. The second kappa shape index (κ2) is 6.48. The van der Waals surface area contributed by atoms with Gasteiger partial charge in [-0.1, -0.05) is 23.5 Å². The zero-order chi connectivity index (χ0) is 17.4. The molecular weight excluding hydrogens is 332 g/mol. The van der Waals surface area contributed by atoms with Crippen LogP contribution in [0.1, 0.15) is 28.7 Å². The average Bonchev–Trinajstić information content (AvgIpc) is 3.18. The molecule has 0 fully saturated rings. The molecule has 0 aliphatic heterocycles. The van der Waals surface area contributed by atoms with Crippen molar-refractivity contribution in [2.75, 3.05) is 11.9 Å². The van der Waals surface area contributed by atoms with Gasteiger partial charge >= 0.3 is 0 Å². The lowest BCUT2D eigenvalue weighted by atomic mass is 10.1. The van der Waals surface area contributed by atoms with Gasteiger partial charge in [-0.05, 0) is 73.6 Å².